The first kappa shape index (κ1) is 17.7. The standard InChI is InChI=1S/C15H20N2O4.C2H6/c1-20-15(19)12-6-11-8-21-9-13(11)16-14(12)17-4-2-10(7-17)3-5-18;1-2/h6,10,18H,2-5,7-9H2,1H3;1-2H3. The summed E-state index contributed by atoms with van der Waals surface area (Å²) in [6.07, 6.45) is 1.80. The smallest absolute Gasteiger partial charge is 0.341 e. The van der Waals surface area contributed by atoms with Gasteiger partial charge in [-0.05, 0) is 24.8 Å². The van der Waals surface area contributed by atoms with Gasteiger partial charge in [-0.15, -0.1) is 0 Å². The molecule has 1 unspecified atom stereocenters. The number of aliphatic hydroxyl groups excluding tert-OH is 1. The van der Waals surface area contributed by atoms with Gasteiger partial charge in [0.2, 0.25) is 0 Å². The summed E-state index contributed by atoms with van der Waals surface area (Å²) in [6.45, 7) is 6.86. The molecule has 128 valence electrons. The highest BCUT2D eigenvalue weighted by Crippen LogP contribution is 2.31. The van der Waals surface area contributed by atoms with E-state index < -0.39 is 0 Å². The van der Waals surface area contributed by atoms with Crippen molar-refractivity contribution in [1.82, 2.24) is 4.98 Å². The molecule has 0 radical (unpaired) electrons. The highest BCUT2D eigenvalue weighted by molar-refractivity contribution is 5.95. The van der Waals surface area contributed by atoms with Crippen LogP contribution in [0.4, 0.5) is 5.82 Å². The summed E-state index contributed by atoms with van der Waals surface area (Å²) >= 11 is 0. The van der Waals surface area contributed by atoms with Crippen LogP contribution < -0.4 is 4.90 Å². The Bertz CT molecular complexity index is 548. The van der Waals surface area contributed by atoms with Gasteiger partial charge in [0.25, 0.3) is 0 Å². The third-order valence-corrected chi connectivity index (χ3v) is 4.20. The first-order chi connectivity index (χ1) is 11.2. The molecule has 0 saturated carbocycles. The van der Waals surface area contributed by atoms with E-state index in [-0.39, 0.29) is 12.6 Å². The van der Waals surface area contributed by atoms with Gasteiger partial charge < -0.3 is 19.5 Å². The average Bonchev–Trinajstić information content (AvgIpc) is 3.23. The fourth-order valence-electron chi connectivity index (χ4n) is 3.03. The number of anilines is 1. The Balaban J connectivity index is 0.000000924. The molecule has 23 heavy (non-hydrogen) atoms. The second-order valence-corrected chi connectivity index (χ2v) is 5.56. The van der Waals surface area contributed by atoms with Crippen molar-refractivity contribution in [2.45, 2.75) is 39.9 Å². The van der Waals surface area contributed by atoms with Crippen molar-refractivity contribution >= 4 is 11.8 Å². The van der Waals surface area contributed by atoms with Crippen molar-refractivity contribution in [3.63, 3.8) is 0 Å². The second kappa shape index (κ2) is 8.26. The molecule has 3 rings (SSSR count). The van der Waals surface area contributed by atoms with Crippen LogP contribution in [0, 0.1) is 5.92 Å². The molecule has 1 N–H and O–H groups in total. The summed E-state index contributed by atoms with van der Waals surface area (Å²) in [4.78, 5) is 18.8. The lowest BCUT2D eigenvalue weighted by Gasteiger charge is -2.21. The van der Waals surface area contributed by atoms with Crippen LogP contribution in [0.1, 0.15) is 48.3 Å². The van der Waals surface area contributed by atoms with E-state index in [0.717, 1.165) is 37.2 Å². The minimum Gasteiger partial charge on any atom is -0.465 e. The molecular weight excluding hydrogens is 296 g/mol. The molecule has 0 bridgehead atoms. The summed E-state index contributed by atoms with van der Waals surface area (Å²) in [5, 5.41) is 9.07. The summed E-state index contributed by atoms with van der Waals surface area (Å²) in [6, 6.07) is 1.84. The Morgan fingerprint density at radius 3 is 2.96 bits per heavy atom. The average molecular weight is 322 g/mol. The number of aromatic nitrogens is 1. The molecular formula is C17H26N2O4. The minimum absolute atomic E-state index is 0.202. The van der Waals surface area contributed by atoms with Crippen molar-refractivity contribution in [2.75, 3.05) is 31.7 Å². The topological polar surface area (TPSA) is 71.9 Å². The minimum atomic E-state index is -0.363. The van der Waals surface area contributed by atoms with Crippen LogP contribution in [0.15, 0.2) is 6.07 Å². The highest BCUT2D eigenvalue weighted by atomic mass is 16.5. The van der Waals surface area contributed by atoms with Gasteiger partial charge in [0.1, 0.15) is 11.4 Å². The Hall–Kier alpha value is -1.66. The molecule has 1 atom stereocenters. The number of esters is 1. The lowest BCUT2D eigenvalue weighted by molar-refractivity contribution is 0.0601. The van der Waals surface area contributed by atoms with E-state index in [2.05, 4.69) is 9.88 Å². The highest BCUT2D eigenvalue weighted by Gasteiger charge is 2.29. The zero-order valence-electron chi connectivity index (χ0n) is 14.2. The summed E-state index contributed by atoms with van der Waals surface area (Å²) in [5.74, 6) is 0.774. The molecule has 3 heterocycles. The van der Waals surface area contributed by atoms with Crippen LogP contribution in [0.25, 0.3) is 0 Å². The molecule has 0 aromatic carbocycles. The maximum Gasteiger partial charge on any atom is 0.341 e. The quantitative estimate of drug-likeness (QED) is 0.856. The molecule has 2 aliphatic rings. The number of rotatable bonds is 4. The number of aliphatic hydroxyl groups is 1. The number of fused-ring (bicyclic) bond motifs is 1. The maximum absolute atomic E-state index is 12.0. The van der Waals surface area contributed by atoms with Gasteiger partial charge in [-0.25, -0.2) is 9.78 Å². The van der Waals surface area contributed by atoms with Gasteiger partial charge in [0, 0.05) is 25.3 Å². The maximum atomic E-state index is 12.0. The molecule has 0 amide bonds. The fourth-order valence-corrected chi connectivity index (χ4v) is 3.03. The van der Waals surface area contributed by atoms with Crippen LogP contribution in [-0.4, -0.2) is 42.9 Å². The van der Waals surface area contributed by atoms with E-state index >= 15 is 0 Å². The molecule has 6 heteroatoms. The lowest BCUT2D eigenvalue weighted by Crippen LogP contribution is -2.24. The van der Waals surface area contributed by atoms with E-state index in [1.54, 1.807) is 0 Å². The molecule has 6 nitrogen and oxygen atoms in total. The molecule has 1 aromatic rings. The summed E-state index contributed by atoms with van der Waals surface area (Å²) < 4.78 is 10.3. The Kier molecular flexibility index (Phi) is 6.36. The van der Waals surface area contributed by atoms with Gasteiger partial charge in [-0.2, -0.15) is 0 Å². The van der Waals surface area contributed by atoms with Gasteiger partial charge in [0.15, 0.2) is 0 Å². The Labute approximate surface area is 137 Å². The number of hydrogen-bond acceptors (Lipinski definition) is 6. The van der Waals surface area contributed by atoms with Crippen molar-refractivity contribution in [3.05, 3.63) is 22.9 Å². The van der Waals surface area contributed by atoms with Gasteiger partial charge in [-0.1, -0.05) is 13.8 Å². The Morgan fingerprint density at radius 2 is 2.26 bits per heavy atom. The van der Waals surface area contributed by atoms with Crippen LogP contribution in [0.2, 0.25) is 0 Å². The number of nitrogens with zero attached hydrogens (tertiary/aromatic N) is 2. The predicted octanol–water partition coefficient (Wildman–Crippen LogP) is 2.13. The third-order valence-electron chi connectivity index (χ3n) is 4.20. The monoisotopic (exact) mass is 322 g/mol. The zero-order chi connectivity index (χ0) is 16.8. The van der Waals surface area contributed by atoms with E-state index in [0.29, 0.717) is 30.5 Å². The number of carbonyl (C=O) groups is 1. The largest absolute Gasteiger partial charge is 0.465 e. The first-order valence-electron chi connectivity index (χ1n) is 8.27. The van der Waals surface area contributed by atoms with Crippen molar-refractivity contribution < 1.29 is 19.4 Å². The number of carbonyl (C=O) groups excluding carboxylic acids is 1. The van der Waals surface area contributed by atoms with E-state index in [9.17, 15) is 4.79 Å². The van der Waals surface area contributed by atoms with E-state index in [1.807, 2.05) is 19.9 Å². The molecule has 0 spiro atoms. The van der Waals surface area contributed by atoms with Crippen molar-refractivity contribution in [2.24, 2.45) is 5.92 Å². The summed E-state index contributed by atoms with van der Waals surface area (Å²) in [7, 11) is 1.38. The second-order valence-electron chi connectivity index (χ2n) is 5.56. The Morgan fingerprint density at radius 1 is 1.48 bits per heavy atom. The first-order valence-corrected chi connectivity index (χ1v) is 8.27. The molecule has 2 aliphatic heterocycles. The van der Waals surface area contributed by atoms with Gasteiger partial charge in [0.05, 0.1) is 26.0 Å². The number of methoxy groups -OCH3 is 1. The van der Waals surface area contributed by atoms with Crippen molar-refractivity contribution in [1.29, 1.82) is 0 Å². The van der Waals surface area contributed by atoms with E-state index in [1.165, 1.54) is 7.11 Å². The van der Waals surface area contributed by atoms with Gasteiger partial charge >= 0.3 is 5.97 Å². The normalized spacial score (nSPS) is 19.1. The number of hydrogen-bond donors (Lipinski definition) is 1. The lowest BCUT2D eigenvalue weighted by atomic mass is 10.1. The van der Waals surface area contributed by atoms with Crippen LogP contribution in [-0.2, 0) is 22.7 Å². The third kappa shape index (κ3) is 3.82. The zero-order valence-corrected chi connectivity index (χ0v) is 14.2. The van der Waals surface area contributed by atoms with Crippen LogP contribution in [0.5, 0.6) is 0 Å². The fraction of sp³-hybridized carbons (Fsp3) is 0.647. The van der Waals surface area contributed by atoms with Gasteiger partial charge in [-0.3, -0.25) is 0 Å². The molecule has 0 aliphatic carbocycles. The molecule has 1 aromatic heterocycles. The van der Waals surface area contributed by atoms with Crippen LogP contribution >= 0.6 is 0 Å². The summed E-state index contributed by atoms with van der Waals surface area (Å²) in [5.41, 5.74) is 2.37. The SMILES string of the molecule is CC.COC(=O)c1cc2c(nc1N1CCC(CCO)C1)COC2. The van der Waals surface area contributed by atoms with Crippen molar-refractivity contribution in [3.8, 4) is 0 Å². The number of pyridine rings is 1. The molecule has 1 saturated heterocycles. The van der Waals surface area contributed by atoms with E-state index in [4.69, 9.17) is 14.6 Å². The molecule has 1 fully saturated rings. The predicted molar refractivity (Wildman–Crippen MR) is 87.4 cm³/mol. The van der Waals surface area contributed by atoms with Crippen LogP contribution in [0.3, 0.4) is 0 Å². The number of ether oxygens (including phenoxy) is 2.